The zero-order valence-corrected chi connectivity index (χ0v) is 9.21. The lowest BCUT2D eigenvalue weighted by Gasteiger charge is -2.11. The minimum Gasteiger partial charge on any atom is -0.324 e. The normalized spacial score (nSPS) is 12.5. The lowest BCUT2D eigenvalue weighted by Crippen LogP contribution is -2.10. The van der Waals surface area contributed by atoms with E-state index >= 15 is 0 Å². The number of rotatable bonds is 3. The number of hydrogen-bond donors (Lipinski definition) is 1. The summed E-state index contributed by atoms with van der Waals surface area (Å²) in [4.78, 5) is 4.06. The number of halogens is 1. The second-order valence-corrected chi connectivity index (χ2v) is 4.12. The highest BCUT2D eigenvalue weighted by Crippen LogP contribution is 2.19. The third-order valence-electron chi connectivity index (χ3n) is 1.72. The van der Waals surface area contributed by atoms with Gasteiger partial charge in [0.25, 0.3) is 0 Å². The fourth-order valence-corrected chi connectivity index (χ4v) is 1.51. The standard InChI is InChI=1S/C10H13BrN2/c1-7(2)3-10(12)8-4-9(11)6-13-5-8/h4-6,10H,1,3,12H2,2H3. The molecule has 2 nitrogen and oxygen atoms in total. The van der Waals surface area contributed by atoms with Gasteiger partial charge in [0.1, 0.15) is 0 Å². The van der Waals surface area contributed by atoms with Gasteiger partial charge in [0, 0.05) is 22.9 Å². The maximum atomic E-state index is 5.94. The van der Waals surface area contributed by atoms with Crippen molar-refractivity contribution in [2.45, 2.75) is 19.4 Å². The molecule has 0 radical (unpaired) electrons. The Morgan fingerprint density at radius 3 is 2.92 bits per heavy atom. The summed E-state index contributed by atoms with van der Waals surface area (Å²) in [6, 6.07) is 1.99. The van der Waals surface area contributed by atoms with Crippen LogP contribution >= 0.6 is 15.9 Å². The summed E-state index contributed by atoms with van der Waals surface area (Å²) in [5, 5.41) is 0. The molecule has 0 saturated heterocycles. The van der Waals surface area contributed by atoms with Crippen LogP contribution in [-0.4, -0.2) is 4.98 Å². The van der Waals surface area contributed by atoms with Crippen molar-refractivity contribution in [3.05, 3.63) is 40.6 Å². The van der Waals surface area contributed by atoms with Crippen LogP contribution in [0.2, 0.25) is 0 Å². The third-order valence-corrected chi connectivity index (χ3v) is 2.16. The van der Waals surface area contributed by atoms with Crippen molar-refractivity contribution in [1.29, 1.82) is 0 Å². The number of hydrogen-bond acceptors (Lipinski definition) is 2. The van der Waals surface area contributed by atoms with Crippen molar-refractivity contribution in [2.75, 3.05) is 0 Å². The molecule has 0 aliphatic rings. The number of nitrogens with zero attached hydrogens (tertiary/aromatic N) is 1. The van der Waals surface area contributed by atoms with E-state index in [2.05, 4.69) is 27.5 Å². The average Bonchev–Trinajstić information content (AvgIpc) is 2.03. The van der Waals surface area contributed by atoms with Crippen molar-refractivity contribution in [3.8, 4) is 0 Å². The first-order chi connectivity index (χ1) is 6.09. The summed E-state index contributed by atoms with van der Waals surface area (Å²) in [5.41, 5.74) is 8.07. The molecule has 3 heteroatoms. The summed E-state index contributed by atoms with van der Waals surface area (Å²) in [7, 11) is 0. The van der Waals surface area contributed by atoms with Gasteiger partial charge in [-0.1, -0.05) is 5.57 Å². The van der Waals surface area contributed by atoms with Gasteiger partial charge in [-0.3, -0.25) is 4.98 Å². The summed E-state index contributed by atoms with van der Waals surface area (Å²) in [6.07, 6.45) is 4.34. The van der Waals surface area contributed by atoms with E-state index in [4.69, 9.17) is 5.73 Å². The molecule has 1 aromatic rings. The fraction of sp³-hybridized carbons (Fsp3) is 0.300. The molecule has 1 heterocycles. The van der Waals surface area contributed by atoms with Gasteiger partial charge in [-0.25, -0.2) is 0 Å². The molecule has 2 N–H and O–H groups in total. The molecule has 0 spiro atoms. The van der Waals surface area contributed by atoms with E-state index in [1.54, 1.807) is 12.4 Å². The second kappa shape index (κ2) is 4.53. The monoisotopic (exact) mass is 240 g/mol. The molecule has 70 valence electrons. The molecule has 0 aliphatic carbocycles. The van der Waals surface area contributed by atoms with Gasteiger partial charge in [-0.2, -0.15) is 0 Å². The molecular weight excluding hydrogens is 228 g/mol. The molecule has 0 saturated carbocycles. The highest BCUT2D eigenvalue weighted by Gasteiger charge is 2.06. The average molecular weight is 241 g/mol. The van der Waals surface area contributed by atoms with Gasteiger partial charge in [0.15, 0.2) is 0 Å². The van der Waals surface area contributed by atoms with Crippen molar-refractivity contribution < 1.29 is 0 Å². The van der Waals surface area contributed by atoms with Crippen LogP contribution < -0.4 is 5.73 Å². The molecule has 0 aromatic carbocycles. The Bertz CT molecular complexity index is 310. The Morgan fingerprint density at radius 1 is 1.69 bits per heavy atom. The number of pyridine rings is 1. The molecule has 1 atom stereocenters. The van der Waals surface area contributed by atoms with Gasteiger partial charge in [-0.05, 0) is 40.9 Å². The molecule has 1 unspecified atom stereocenters. The van der Waals surface area contributed by atoms with Crippen LogP contribution in [0.4, 0.5) is 0 Å². The van der Waals surface area contributed by atoms with Crippen molar-refractivity contribution in [1.82, 2.24) is 4.98 Å². The lowest BCUT2D eigenvalue weighted by molar-refractivity contribution is 0.713. The quantitative estimate of drug-likeness (QED) is 0.826. The first-order valence-corrected chi connectivity index (χ1v) is 4.89. The molecule has 0 aliphatic heterocycles. The van der Waals surface area contributed by atoms with Crippen LogP contribution in [0.1, 0.15) is 24.9 Å². The Labute approximate surface area is 87.0 Å². The molecular formula is C10H13BrN2. The van der Waals surface area contributed by atoms with E-state index in [1.165, 1.54) is 0 Å². The minimum atomic E-state index is 0.00231. The fourth-order valence-electron chi connectivity index (χ4n) is 1.12. The van der Waals surface area contributed by atoms with Crippen LogP contribution in [0, 0.1) is 0 Å². The van der Waals surface area contributed by atoms with Crippen molar-refractivity contribution in [2.24, 2.45) is 5.73 Å². The second-order valence-electron chi connectivity index (χ2n) is 3.20. The Balaban J connectivity index is 2.76. The number of aromatic nitrogens is 1. The Kier molecular flexibility index (Phi) is 3.63. The Morgan fingerprint density at radius 2 is 2.38 bits per heavy atom. The number of nitrogens with two attached hydrogens (primary N) is 1. The van der Waals surface area contributed by atoms with Crippen LogP contribution in [0.3, 0.4) is 0 Å². The lowest BCUT2D eigenvalue weighted by atomic mass is 10.0. The summed E-state index contributed by atoms with van der Waals surface area (Å²) in [6.45, 7) is 5.81. The summed E-state index contributed by atoms with van der Waals surface area (Å²) < 4.78 is 0.960. The molecule has 1 rings (SSSR count). The van der Waals surface area contributed by atoms with Gasteiger partial charge >= 0.3 is 0 Å². The zero-order chi connectivity index (χ0) is 9.84. The highest BCUT2D eigenvalue weighted by atomic mass is 79.9. The van der Waals surface area contributed by atoms with Crippen LogP contribution in [-0.2, 0) is 0 Å². The zero-order valence-electron chi connectivity index (χ0n) is 7.63. The van der Waals surface area contributed by atoms with E-state index in [9.17, 15) is 0 Å². The first kappa shape index (κ1) is 10.4. The van der Waals surface area contributed by atoms with E-state index in [1.807, 2.05) is 13.0 Å². The maximum absolute atomic E-state index is 5.94. The predicted molar refractivity (Wildman–Crippen MR) is 58.3 cm³/mol. The Hall–Kier alpha value is -0.670. The van der Waals surface area contributed by atoms with E-state index < -0.39 is 0 Å². The van der Waals surface area contributed by atoms with Crippen molar-refractivity contribution in [3.63, 3.8) is 0 Å². The van der Waals surface area contributed by atoms with Gasteiger partial charge in [0.2, 0.25) is 0 Å². The van der Waals surface area contributed by atoms with E-state index in [-0.39, 0.29) is 6.04 Å². The molecule has 1 aromatic heterocycles. The van der Waals surface area contributed by atoms with Gasteiger partial charge < -0.3 is 5.73 Å². The third kappa shape index (κ3) is 3.28. The minimum absolute atomic E-state index is 0.00231. The molecule has 0 fully saturated rings. The van der Waals surface area contributed by atoms with Crippen LogP contribution in [0.25, 0.3) is 0 Å². The van der Waals surface area contributed by atoms with Crippen molar-refractivity contribution >= 4 is 15.9 Å². The topological polar surface area (TPSA) is 38.9 Å². The van der Waals surface area contributed by atoms with Gasteiger partial charge in [-0.15, -0.1) is 6.58 Å². The van der Waals surface area contributed by atoms with Crippen LogP contribution in [0.5, 0.6) is 0 Å². The summed E-state index contributed by atoms with van der Waals surface area (Å²) >= 11 is 3.36. The largest absolute Gasteiger partial charge is 0.324 e. The van der Waals surface area contributed by atoms with E-state index in [0.717, 1.165) is 22.0 Å². The van der Waals surface area contributed by atoms with E-state index in [0.29, 0.717) is 0 Å². The highest BCUT2D eigenvalue weighted by molar-refractivity contribution is 9.10. The first-order valence-electron chi connectivity index (χ1n) is 4.10. The molecule has 0 bridgehead atoms. The molecule has 0 amide bonds. The molecule has 13 heavy (non-hydrogen) atoms. The van der Waals surface area contributed by atoms with Crippen LogP contribution in [0.15, 0.2) is 35.1 Å². The van der Waals surface area contributed by atoms with Gasteiger partial charge in [0.05, 0.1) is 0 Å². The smallest absolute Gasteiger partial charge is 0.0410 e. The maximum Gasteiger partial charge on any atom is 0.0410 e. The summed E-state index contributed by atoms with van der Waals surface area (Å²) in [5.74, 6) is 0. The predicted octanol–water partition coefficient (Wildman–Crippen LogP) is 2.81. The SMILES string of the molecule is C=C(C)CC(N)c1cncc(Br)c1.